The smallest absolute Gasteiger partial charge is 0.337 e. The van der Waals surface area contributed by atoms with Crippen molar-refractivity contribution in [1.82, 2.24) is 0 Å². The summed E-state index contributed by atoms with van der Waals surface area (Å²) in [7, 11) is 1.35. The number of hydrogen-bond acceptors (Lipinski definition) is 5. The number of aliphatic hydroxyl groups is 1. The molecule has 0 heterocycles. The highest BCUT2D eigenvalue weighted by Crippen LogP contribution is 2.26. The van der Waals surface area contributed by atoms with Crippen LogP contribution in [-0.4, -0.2) is 43.8 Å². The highest BCUT2D eigenvalue weighted by atomic mass is 16.5. The largest absolute Gasteiger partial charge is 0.465 e. The summed E-state index contributed by atoms with van der Waals surface area (Å²) in [5.74, 6) is -0.459. The lowest BCUT2D eigenvalue weighted by molar-refractivity contribution is 0.0600. The Kier molecular flexibility index (Phi) is 8.00. The van der Waals surface area contributed by atoms with Crippen LogP contribution in [0.15, 0.2) is 30.3 Å². The van der Waals surface area contributed by atoms with E-state index < -0.39 is 5.97 Å². The molecule has 0 aliphatic rings. The number of benzene rings is 2. The van der Waals surface area contributed by atoms with Crippen LogP contribution in [0, 0.1) is 26.7 Å². The Hall–Kier alpha value is -2.86. The van der Waals surface area contributed by atoms with E-state index in [2.05, 4.69) is 17.1 Å². The monoisotopic (exact) mass is 412 g/mol. The minimum absolute atomic E-state index is 0.121. The molecule has 0 aromatic heterocycles. The number of ether oxygens (including phenoxy) is 1. The van der Waals surface area contributed by atoms with Gasteiger partial charge in [-0.15, -0.1) is 0 Å². The second-order valence-corrected chi connectivity index (χ2v) is 7.76. The number of hydrogen-bond donors (Lipinski definition) is 2. The number of methoxy groups -OCH3 is 1. The quantitative estimate of drug-likeness (QED) is 0.638. The van der Waals surface area contributed by atoms with Crippen LogP contribution in [0.4, 0.5) is 11.4 Å². The standard InChI is InChI=1S/C24H32N2O4/c1-7-26(13-15(2)14-27)20-9-8-16(3)21(12-20)23(28)25-22-17(4)10-19(11-18(22)5)24(29)30-6/h8-12,15,27H,7,13-14H2,1-6H3,(H,25,28). The van der Waals surface area contributed by atoms with Crippen LogP contribution in [0.25, 0.3) is 0 Å². The van der Waals surface area contributed by atoms with Crippen LogP contribution >= 0.6 is 0 Å². The number of nitrogens with zero attached hydrogens (tertiary/aromatic N) is 1. The predicted octanol–water partition coefficient (Wildman–Crippen LogP) is 4.11. The van der Waals surface area contributed by atoms with Gasteiger partial charge in [0, 0.05) is 36.6 Å². The van der Waals surface area contributed by atoms with Crippen LogP contribution < -0.4 is 10.2 Å². The minimum atomic E-state index is -0.403. The molecule has 0 saturated carbocycles. The molecule has 0 saturated heterocycles. The molecule has 2 rings (SSSR count). The average molecular weight is 413 g/mol. The number of anilines is 2. The zero-order valence-corrected chi connectivity index (χ0v) is 18.7. The number of carbonyl (C=O) groups excluding carboxylic acids is 2. The van der Waals surface area contributed by atoms with Crippen molar-refractivity contribution >= 4 is 23.3 Å². The van der Waals surface area contributed by atoms with Crippen molar-refractivity contribution in [2.75, 3.05) is 37.0 Å². The van der Waals surface area contributed by atoms with Gasteiger partial charge in [-0.3, -0.25) is 4.79 Å². The second kappa shape index (κ2) is 10.3. The lowest BCUT2D eigenvalue weighted by Gasteiger charge is -2.26. The topological polar surface area (TPSA) is 78.9 Å². The summed E-state index contributed by atoms with van der Waals surface area (Å²) >= 11 is 0. The third kappa shape index (κ3) is 5.39. The predicted molar refractivity (Wildman–Crippen MR) is 121 cm³/mol. The number of aliphatic hydroxyl groups excluding tert-OH is 1. The van der Waals surface area contributed by atoms with E-state index in [4.69, 9.17) is 4.74 Å². The van der Waals surface area contributed by atoms with Crippen LogP contribution in [0.2, 0.25) is 0 Å². The van der Waals surface area contributed by atoms with Gasteiger partial charge >= 0.3 is 5.97 Å². The minimum Gasteiger partial charge on any atom is -0.465 e. The Balaban J connectivity index is 2.32. The van der Waals surface area contributed by atoms with E-state index >= 15 is 0 Å². The van der Waals surface area contributed by atoms with E-state index in [1.807, 2.05) is 45.9 Å². The van der Waals surface area contributed by atoms with E-state index in [1.165, 1.54) is 7.11 Å². The van der Waals surface area contributed by atoms with Gasteiger partial charge < -0.3 is 20.1 Å². The number of carbonyl (C=O) groups is 2. The van der Waals surface area contributed by atoms with Crippen molar-refractivity contribution in [2.45, 2.75) is 34.6 Å². The maximum Gasteiger partial charge on any atom is 0.337 e. The van der Waals surface area contributed by atoms with Gasteiger partial charge in [0.2, 0.25) is 0 Å². The lowest BCUT2D eigenvalue weighted by atomic mass is 10.0. The fourth-order valence-electron chi connectivity index (χ4n) is 3.48. The molecule has 30 heavy (non-hydrogen) atoms. The molecule has 6 nitrogen and oxygen atoms in total. The van der Waals surface area contributed by atoms with Gasteiger partial charge in [-0.05, 0) is 74.6 Å². The Labute approximate surface area is 178 Å². The summed E-state index contributed by atoms with van der Waals surface area (Å²) in [4.78, 5) is 27.1. The fraction of sp³-hybridized carbons (Fsp3) is 0.417. The number of aryl methyl sites for hydroxylation is 3. The van der Waals surface area contributed by atoms with E-state index in [0.29, 0.717) is 23.4 Å². The molecule has 162 valence electrons. The van der Waals surface area contributed by atoms with Crippen LogP contribution in [0.5, 0.6) is 0 Å². The summed E-state index contributed by atoms with van der Waals surface area (Å²) in [5.41, 5.74) is 5.17. The summed E-state index contributed by atoms with van der Waals surface area (Å²) in [5, 5.41) is 12.4. The second-order valence-electron chi connectivity index (χ2n) is 7.76. The maximum atomic E-state index is 13.1. The van der Waals surface area contributed by atoms with Crippen molar-refractivity contribution < 1.29 is 19.4 Å². The number of nitrogens with one attached hydrogen (secondary N) is 1. The Bertz CT molecular complexity index is 900. The fourth-order valence-corrected chi connectivity index (χ4v) is 3.48. The van der Waals surface area contributed by atoms with Gasteiger partial charge in [0.05, 0.1) is 12.7 Å². The maximum absolute atomic E-state index is 13.1. The van der Waals surface area contributed by atoms with E-state index in [0.717, 1.165) is 28.9 Å². The van der Waals surface area contributed by atoms with Crippen molar-refractivity contribution in [3.05, 3.63) is 58.1 Å². The molecule has 2 aromatic rings. The SMILES string of the molecule is CCN(CC(C)CO)c1ccc(C)c(C(=O)Nc2c(C)cc(C(=O)OC)cc2C)c1. The van der Waals surface area contributed by atoms with Gasteiger partial charge in [0.15, 0.2) is 0 Å². The summed E-state index contributed by atoms with van der Waals surface area (Å²) < 4.78 is 4.79. The number of esters is 1. The molecule has 1 atom stereocenters. The summed E-state index contributed by atoms with van der Waals surface area (Å²) in [6, 6.07) is 9.27. The first kappa shape index (κ1) is 23.4. The first-order valence-electron chi connectivity index (χ1n) is 10.2. The molecular weight excluding hydrogens is 380 g/mol. The van der Waals surface area contributed by atoms with Gasteiger partial charge in [0.1, 0.15) is 0 Å². The lowest BCUT2D eigenvalue weighted by Crippen LogP contribution is -2.30. The molecule has 0 aliphatic heterocycles. The highest BCUT2D eigenvalue weighted by molar-refractivity contribution is 6.07. The molecule has 2 N–H and O–H groups in total. The molecule has 0 aliphatic carbocycles. The van der Waals surface area contributed by atoms with Gasteiger partial charge in [-0.1, -0.05) is 13.0 Å². The van der Waals surface area contributed by atoms with Crippen LogP contribution in [0.1, 0.15) is 51.3 Å². The summed E-state index contributed by atoms with van der Waals surface area (Å²) in [6.07, 6.45) is 0. The van der Waals surface area contributed by atoms with Crippen LogP contribution in [0.3, 0.4) is 0 Å². The zero-order valence-electron chi connectivity index (χ0n) is 18.7. The zero-order chi connectivity index (χ0) is 22.4. The van der Waals surface area contributed by atoms with Crippen LogP contribution in [-0.2, 0) is 4.74 Å². The number of amides is 1. The van der Waals surface area contributed by atoms with E-state index in [-0.39, 0.29) is 18.4 Å². The summed E-state index contributed by atoms with van der Waals surface area (Å²) in [6.45, 7) is 11.3. The normalized spacial score (nSPS) is 11.7. The molecule has 0 fully saturated rings. The molecule has 6 heteroatoms. The molecule has 0 spiro atoms. The Morgan fingerprint density at radius 1 is 1.10 bits per heavy atom. The van der Waals surface area contributed by atoms with E-state index in [9.17, 15) is 14.7 Å². The van der Waals surface area contributed by atoms with E-state index in [1.54, 1.807) is 12.1 Å². The third-order valence-corrected chi connectivity index (χ3v) is 5.25. The molecule has 1 amide bonds. The first-order valence-corrected chi connectivity index (χ1v) is 10.2. The molecule has 0 bridgehead atoms. The van der Waals surface area contributed by atoms with Crippen molar-refractivity contribution in [3.63, 3.8) is 0 Å². The van der Waals surface area contributed by atoms with Crippen molar-refractivity contribution in [1.29, 1.82) is 0 Å². The van der Waals surface area contributed by atoms with Crippen molar-refractivity contribution in [2.24, 2.45) is 5.92 Å². The molecular formula is C24H32N2O4. The van der Waals surface area contributed by atoms with Gasteiger partial charge in [-0.2, -0.15) is 0 Å². The van der Waals surface area contributed by atoms with Gasteiger partial charge in [0.25, 0.3) is 5.91 Å². The number of rotatable bonds is 8. The van der Waals surface area contributed by atoms with Gasteiger partial charge in [-0.25, -0.2) is 4.79 Å². The first-order chi connectivity index (χ1) is 14.2. The third-order valence-electron chi connectivity index (χ3n) is 5.25. The average Bonchev–Trinajstić information content (AvgIpc) is 2.73. The Morgan fingerprint density at radius 2 is 1.73 bits per heavy atom. The molecule has 0 radical (unpaired) electrons. The molecule has 1 unspecified atom stereocenters. The Morgan fingerprint density at radius 3 is 2.27 bits per heavy atom. The molecule has 2 aromatic carbocycles. The van der Waals surface area contributed by atoms with Crippen molar-refractivity contribution in [3.8, 4) is 0 Å². The highest BCUT2D eigenvalue weighted by Gasteiger charge is 2.17.